The molecule has 0 saturated carbocycles. The number of carbonyl (C=O) groups is 2. The third-order valence-electron chi connectivity index (χ3n) is 4.47. The molecule has 1 aromatic carbocycles. The van der Waals surface area contributed by atoms with Gasteiger partial charge in [0, 0.05) is 43.3 Å². The molecular weight excluding hydrogens is 388 g/mol. The number of nitrogens with one attached hydrogen (secondary N) is 2. The van der Waals surface area contributed by atoms with Gasteiger partial charge in [0.2, 0.25) is 11.8 Å². The van der Waals surface area contributed by atoms with Crippen molar-refractivity contribution in [3.05, 3.63) is 48.2 Å². The Morgan fingerprint density at radius 2 is 1.93 bits per heavy atom. The van der Waals surface area contributed by atoms with Crippen LogP contribution >= 0.6 is 11.8 Å². The minimum atomic E-state index is -0.234. The number of anilines is 2. The van der Waals surface area contributed by atoms with Crippen molar-refractivity contribution in [3.63, 3.8) is 0 Å². The van der Waals surface area contributed by atoms with Crippen LogP contribution < -0.4 is 15.5 Å². The Labute approximate surface area is 175 Å². The van der Waals surface area contributed by atoms with E-state index in [1.807, 2.05) is 43.3 Å². The molecule has 29 heavy (non-hydrogen) atoms. The Morgan fingerprint density at radius 1 is 1.21 bits per heavy atom. The highest BCUT2D eigenvalue weighted by molar-refractivity contribution is 8.00. The molecular formula is C21H26N4O3S. The number of nitrogens with zero attached hydrogens (tertiary/aromatic N) is 2. The SMILES string of the molecule is CC(=O)Nc1ccc(S[C@@H](C)C(=O)NCc2ccnc(N3CCOCC3)c2)cc1. The van der Waals surface area contributed by atoms with Gasteiger partial charge in [-0.05, 0) is 48.9 Å². The molecule has 2 N–H and O–H groups in total. The van der Waals surface area contributed by atoms with Gasteiger partial charge in [0.15, 0.2) is 0 Å². The van der Waals surface area contributed by atoms with E-state index in [1.165, 1.54) is 18.7 Å². The zero-order valence-corrected chi connectivity index (χ0v) is 17.5. The van der Waals surface area contributed by atoms with Crippen LogP contribution in [0.5, 0.6) is 0 Å². The van der Waals surface area contributed by atoms with Crippen LogP contribution in [-0.4, -0.2) is 48.4 Å². The number of hydrogen-bond acceptors (Lipinski definition) is 6. The number of morpholine rings is 1. The van der Waals surface area contributed by atoms with Crippen LogP contribution in [0.2, 0.25) is 0 Å². The van der Waals surface area contributed by atoms with Crippen molar-refractivity contribution in [2.24, 2.45) is 0 Å². The fourth-order valence-corrected chi connectivity index (χ4v) is 3.84. The molecule has 0 unspecified atom stereocenters. The van der Waals surface area contributed by atoms with Crippen LogP contribution in [0.4, 0.5) is 11.5 Å². The van der Waals surface area contributed by atoms with E-state index in [-0.39, 0.29) is 17.1 Å². The van der Waals surface area contributed by atoms with Crippen LogP contribution in [0.1, 0.15) is 19.4 Å². The average Bonchev–Trinajstić information content (AvgIpc) is 2.74. The summed E-state index contributed by atoms with van der Waals surface area (Å²) in [5.41, 5.74) is 1.76. The lowest BCUT2D eigenvalue weighted by Gasteiger charge is -2.28. The number of amides is 2. The number of thioether (sulfide) groups is 1. The molecule has 0 aliphatic carbocycles. The number of rotatable bonds is 7. The summed E-state index contributed by atoms with van der Waals surface area (Å²) in [7, 11) is 0. The second kappa shape index (κ2) is 10.3. The van der Waals surface area contributed by atoms with E-state index in [2.05, 4.69) is 20.5 Å². The molecule has 8 heteroatoms. The minimum Gasteiger partial charge on any atom is -0.378 e. The van der Waals surface area contributed by atoms with Crippen LogP contribution in [0, 0.1) is 0 Å². The van der Waals surface area contributed by atoms with E-state index in [0.29, 0.717) is 19.8 Å². The van der Waals surface area contributed by atoms with Gasteiger partial charge >= 0.3 is 0 Å². The Kier molecular flexibility index (Phi) is 7.48. The summed E-state index contributed by atoms with van der Waals surface area (Å²) in [5, 5.41) is 5.50. The van der Waals surface area contributed by atoms with Crippen molar-refractivity contribution in [3.8, 4) is 0 Å². The van der Waals surface area contributed by atoms with Gasteiger partial charge < -0.3 is 20.3 Å². The molecule has 2 aromatic rings. The minimum absolute atomic E-state index is 0.0225. The van der Waals surface area contributed by atoms with Gasteiger partial charge in [0.25, 0.3) is 0 Å². The van der Waals surface area contributed by atoms with Crippen molar-refractivity contribution in [2.75, 3.05) is 36.5 Å². The van der Waals surface area contributed by atoms with E-state index in [4.69, 9.17) is 4.74 Å². The van der Waals surface area contributed by atoms with Crippen molar-refractivity contribution in [1.82, 2.24) is 10.3 Å². The van der Waals surface area contributed by atoms with E-state index in [9.17, 15) is 9.59 Å². The third kappa shape index (κ3) is 6.47. The van der Waals surface area contributed by atoms with Gasteiger partial charge in [0.1, 0.15) is 5.82 Å². The number of pyridine rings is 1. The first-order valence-corrected chi connectivity index (χ1v) is 10.5. The Hall–Kier alpha value is -2.58. The van der Waals surface area contributed by atoms with Gasteiger partial charge in [-0.25, -0.2) is 4.98 Å². The monoisotopic (exact) mass is 414 g/mol. The summed E-state index contributed by atoms with van der Waals surface area (Å²) in [6.45, 7) is 6.90. The molecule has 0 spiro atoms. The molecule has 0 bridgehead atoms. The Morgan fingerprint density at radius 3 is 2.62 bits per heavy atom. The van der Waals surface area contributed by atoms with Gasteiger partial charge in [0.05, 0.1) is 18.5 Å². The lowest BCUT2D eigenvalue weighted by atomic mass is 10.2. The summed E-state index contributed by atoms with van der Waals surface area (Å²) in [6, 6.07) is 11.4. The number of ether oxygens (including phenoxy) is 1. The molecule has 2 amide bonds. The zero-order valence-electron chi connectivity index (χ0n) is 16.7. The molecule has 2 heterocycles. The lowest BCUT2D eigenvalue weighted by molar-refractivity contribution is -0.120. The molecule has 1 saturated heterocycles. The predicted molar refractivity (Wildman–Crippen MR) is 115 cm³/mol. The fourth-order valence-electron chi connectivity index (χ4n) is 2.95. The fraction of sp³-hybridized carbons (Fsp3) is 0.381. The van der Waals surface area contributed by atoms with E-state index < -0.39 is 0 Å². The molecule has 0 radical (unpaired) electrons. The van der Waals surface area contributed by atoms with Crippen LogP contribution in [0.15, 0.2) is 47.5 Å². The number of hydrogen-bond donors (Lipinski definition) is 2. The maximum atomic E-state index is 12.5. The molecule has 154 valence electrons. The van der Waals surface area contributed by atoms with Crippen LogP contribution in [-0.2, 0) is 20.9 Å². The molecule has 1 aliphatic heterocycles. The van der Waals surface area contributed by atoms with E-state index in [1.54, 1.807) is 6.20 Å². The molecule has 1 aliphatic rings. The van der Waals surface area contributed by atoms with Gasteiger partial charge in [-0.2, -0.15) is 0 Å². The smallest absolute Gasteiger partial charge is 0.233 e. The third-order valence-corrected chi connectivity index (χ3v) is 5.58. The summed E-state index contributed by atoms with van der Waals surface area (Å²) in [4.78, 5) is 31.2. The lowest BCUT2D eigenvalue weighted by Crippen LogP contribution is -2.36. The highest BCUT2D eigenvalue weighted by Gasteiger charge is 2.15. The van der Waals surface area contributed by atoms with Gasteiger partial charge in [-0.3, -0.25) is 9.59 Å². The number of benzene rings is 1. The zero-order chi connectivity index (χ0) is 20.6. The molecule has 1 atom stereocenters. The Balaban J connectivity index is 1.50. The van der Waals surface area contributed by atoms with Crippen molar-refractivity contribution in [2.45, 2.75) is 30.5 Å². The van der Waals surface area contributed by atoms with Gasteiger partial charge in [-0.1, -0.05) is 0 Å². The highest BCUT2D eigenvalue weighted by atomic mass is 32.2. The summed E-state index contributed by atoms with van der Waals surface area (Å²) >= 11 is 1.48. The first-order chi connectivity index (χ1) is 14.0. The molecule has 1 fully saturated rings. The predicted octanol–water partition coefficient (Wildman–Crippen LogP) is 2.67. The maximum absolute atomic E-state index is 12.5. The average molecular weight is 415 g/mol. The largest absolute Gasteiger partial charge is 0.378 e. The maximum Gasteiger partial charge on any atom is 0.233 e. The molecule has 3 rings (SSSR count). The van der Waals surface area contributed by atoms with E-state index in [0.717, 1.165) is 35.1 Å². The highest BCUT2D eigenvalue weighted by Crippen LogP contribution is 2.25. The molecule has 1 aromatic heterocycles. The second-order valence-electron chi connectivity index (χ2n) is 6.81. The number of carbonyl (C=O) groups excluding carboxylic acids is 2. The summed E-state index contributed by atoms with van der Waals surface area (Å²) < 4.78 is 5.38. The normalized spacial score (nSPS) is 14.9. The van der Waals surface area contributed by atoms with Crippen molar-refractivity contribution in [1.29, 1.82) is 0 Å². The first kappa shape index (κ1) is 21.1. The second-order valence-corrected chi connectivity index (χ2v) is 8.22. The van der Waals surface area contributed by atoms with Gasteiger partial charge in [-0.15, -0.1) is 11.8 Å². The Bertz CT molecular complexity index is 838. The molecule has 7 nitrogen and oxygen atoms in total. The first-order valence-electron chi connectivity index (χ1n) is 9.61. The summed E-state index contributed by atoms with van der Waals surface area (Å²) in [6.07, 6.45) is 1.78. The van der Waals surface area contributed by atoms with E-state index >= 15 is 0 Å². The standard InChI is InChI=1S/C21H26N4O3S/c1-15(29-19-5-3-18(4-6-19)24-16(2)26)21(27)23-14-17-7-8-22-20(13-17)25-9-11-28-12-10-25/h3-8,13,15H,9-12,14H2,1-2H3,(H,23,27)(H,24,26)/t15-/m0/s1. The van der Waals surface area contributed by atoms with Crippen molar-refractivity contribution < 1.29 is 14.3 Å². The topological polar surface area (TPSA) is 83.6 Å². The van der Waals surface area contributed by atoms with Crippen molar-refractivity contribution >= 4 is 35.1 Å². The van der Waals surface area contributed by atoms with Crippen LogP contribution in [0.3, 0.4) is 0 Å². The summed E-state index contributed by atoms with van der Waals surface area (Å²) in [5.74, 6) is 0.790. The quantitative estimate of drug-likeness (QED) is 0.678. The number of aromatic nitrogens is 1. The van der Waals surface area contributed by atoms with Crippen LogP contribution in [0.25, 0.3) is 0 Å².